The highest BCUT2D eigenvalue weighted by molar-refractivity contribution is 4.60. The fourth-order valence-corrected chi connectivity index (χ4v) is 2.96. The molecule has 0 atom stereocenters. The van der Waals surface area contributed by atoms with E-state index < -0.39 is 0 Å². The van der Waals surface area contributed by atoms with Crippen LogP contribution in [0.5, 0.6) is 0 Å². The van der Waals surface area contributed by atoms with Gasteiger partial charge in [-0.1, -0.05) is 71.1 Å². The molecule has 0 unspecified atom stereocenters. The zero-order chi connectivity index (χ0) is 16.3. The molecule has 0 amide bonds. The second-order valence-corrected chi connectivity index (χ2v) is 6.66. The predicted molar refractivity (Wildman–Crippen MR) is 100 cm³/mol. The van der Waals surface area contributed by atoms with Crippen LogP contribution in [0.15, 0.2) is 0 Å². The van der Waals surface area contributed by atoms with Crippen LogP contribution in [0.1, 0.15) is 90.4 Å². The molecule has 0 saturated heterocycles. The number of hydrogen-bond acceptors (Lipinski definition) is 3. The van der Waals surface area contributed by atoms with E-state index in [1.54, 1.807) is 0 Å². The van der Waals surface area contributed by atoms with Crippen LogP contribution in [0.3, 0.4) is 0 Å². The number of unbranched alkanes of at least 4 members (excludes halogenated alkanes) is 10. The van der Waals surface area contributed by atoms with Crippen molar-refractivity contribution in [2.24, 2.45) is 11.5 Å². The maximum atomic E-state index is 5.62. The third-order valence-electron chi connectivity index (χ3n) is 4.43. The van der Waals surface area contributed by atoms with Gasteiger partial charge in [0.05, 0.1) is 0 Å². The Hall–Kier alpha value is -0.120. The lowest BCUT2D eigenvalue weighted by atomic mass is 10.1. The highest BCUT2D eigenvalue weighted by Crippen LogP contribution is 2.11. The normalized spacial score (nSPS) is 11.5. The van der Waals surface area contributed by atoms with E-state index in [9.17, 15) is 0 Å². The van der Waals surface area contributed by atoms with Crippen molar-refractivity contribution >= 4 is 0 Å². The van der Waals surface area contributed by atoms with Crippen LogP contribution in [-0.4, -0.2) is 37.6 Å². The first-order valence-corrected chi connectivity index (χ1v) is 9.97. The molecule has 4 N–H and O–H groups in total. The van der Waals surface area contributed by atoms with Crippen molar-refractivity contribution < 1.29 is 0 Å². The average Bonchev–Trinajstić information content (AvgIpc) is 2.54. The predicted octanol–water partition coefficient (Wildman–Crippen LogP) is 4.30. The number of hydrogen-bond donors (Lipinski definition) is 2. The van der Waals surface area contributed by atoms with E-state index in [0.717, 1.165) is 39.0 Å². The Morgan fingerprint density at radius 2 is 0.864 bits per heavy atom. The third kappa shape index (κ3) is 16.3. The molecule has 0 radical (unpaired) electrons. The van der Waals surface area contributed by atoms with Gasteiger partial charge >= 0.3 is 0 Å². The third-order valence-corrected chi connectivity index (χ3v) is 4.43. The van der Waals surface area contributed by atoms with Gasteiger partial charge in [0, 0.05) is 0 Å². The molecule has 0 saturated carbocycles. The quantitative estimate of drug-likeness (QED) is 0.371. The van der Waals surface area contributed by atoms with Crippen LogP contribution in [0.4, 0.5) is 0 Å². The molecule has 0 aliphatic heterocycles. The Labute approximate surface area is 140 Å². The Morgan fingerprint density at radius 1 is 0.500 bits per heavy atom. The van der Waals surface area contributed by atoms with Gasteiger partial charge in [-0.25, -0.2) is 0 Å². The van der Waals surface area contributed by atoms with Gasteiger partial charge in [-0.2, -0.15) is 0 Å². The maximum absolute atomic E-state index is 5.62. The van der Waals surface area contributed by atoms with Crippen molar-refractivity contribution in [2.75, 3.05) is 32.7 Å². The summed E-state index contributed by atoms with van der Waals surface area (Å²) in [5.74, 6) is 0. The summed E-state index contributed by atoms with van der Waals surface area (Å²) in [5.41, 5.74) is 11.2. The summed E-state index contributed by atoms with van der Waals surface area (Å²) in [6.45, 7) is 7.42. The highest BCUT2D eigenvalue weighted by atomic mass is 15.1. The van der Waals surface area contributed by atoms with Crippen LogP contribution in [-0.2, 0) is 0 Å². The van der Waals surface area contributed by atoms with Gasteiger partial charge in [-0.05, 0) is 52.0 Å². The van der Waals surface area contributed by atoms with Crippen LogP contribution in [0.25, 0.3) is 0 Å². The minimum absolute atomic E-state index is 0.803. The topological polar surface area (TPSA) is 55.3 Å². The molecule has 0 spiro atoms. The maximum Gasteiger partial charge on any atom is -0.000671 e. The Bertz CT molecular complexity index is 189. The van der Waals surface area contributed by atoms with Crippen LogP contribution in [0, 0.1) is 0 Å². The molecule has 0 heterocycles. The molecule has 0 aromatic carbocycles. The molecule has 0 bridgehead atoms. The molecular formula is C19H43N3. The van der Waals surface area contributed by atoms with Crippen LogP contribution >= 0.6 is 0 Å². The standard InChI is InChI=1S/C19H43N3/c1-2-3-4-5-6-7-8-9-10-11-12-17-22(18-13-15-20)19-14-16-21/h2-21H2,1H3. The summed E-state index contributed by atoms with van der Waals surface area (Å²) in [7, 11) is 0. The first-order chi connectivity index (χ1) is 10.8. The van der Waals surface area contributed by atoms with Crippen molar-refractivity contribution in [1.82, 2.24) is 4.90 Å². The van der Waals surface area contributed by atoms with E-state index in [0.29, 0.717) is 0 Å². The van der Waals surface area contributed by atoms with Gasteiger partial charge in [0.15, 0.2) is 0 Å². The summed E-state index contributed by atoms with van der Waals surface area (Å²) in [5, 5.41) is 0. The van der Waals surface area contributed by atoms with E-state index in [2.05, 4.69) is 11.8 Å². The van der Waals surface area contributed by atoms with Gasteiger partial charge in [0.1, 0.15) is 0 Å². The van der Waals surface area contributed by atoms with E-state index in [-0.39, 0.29) is 0 Å². The van der Waals surface area contributed by atoms with Crippen LogP contribution in [0.2, 0.25) is 0 Å². The highest BCUT2D eigenvalue weighted by Gasteiger charge is 2.03. The van der Waals surface area contributed by atoms with E-state index in [4.69, 9.17) is 11.5 Å². The first kappa shape index (κ1) is 21.9. The smallest absolute Gasteiger partial charge is 0.000671 e. The zero-order valence-electron chi connectivity index (χ0n) is 15.3. The van der Waals surface area contributed by atoms with E-state index in [1.165, 1.54) is 77.2 Å². The Balaban J connectivity index is 3.33. The molecule has 3 heteroatoms. The van der Waals surface area contributed by atoms with Gasteiger partial charge in [0.2, 0.25) is 0 Å². The van der Waals surface area contributed by atoms with Crippen molar-refractivity contribution in [3.63, 3.8) is 0 Å². The number of nitrogens with two attached hydrogens (primary N) is 2. The molecule has 0 fully saturated rings. The van der Waals surface area contributed by atoms with Gasteiger partial charge in [-0.3, -0.25) is 0 Å². The largest absolute Gasteiger partial charge is 0.330 e. The van der Waals surface area contributed by atoms with E-state index in [1.807, 2.05) is 0 Å². The van der Waals surface area contributed by atoms with Gasteiger partial charge < -0.3 is 16.4 Å². The number of nitrogens with zero attached hydrogens (tertiary/aromatic N) is 1. The molecule has 134 valence electrons. The molecule has 0 rings (SSSR count). The summed E-state index contributed by atoms with van der Waals surface area (Å²) in [6, 6.07) is 0. The van der Waals surface area contributed by atoms with Gasteiger partial charge in [-0.15, -0.1) is 0 Å². The SMILES string of the molecule is CCCCCCCCCCCCCN(CCCN)CCCN. The fourth-order valence-electron chi connectivity index (χ4n) is 2.96. The minimum Gasteiger partial charge on any atom is -0.330 e. The van der Waals surface area contributed by atoms with Crippen LogP contribution < -0.4 is 11.5 Å². The molecule has 0 aliphatic carbocycles. The number of rotatable bonds is 18. The fraction of sp³-hybridized carbons (Fsp3) is 1.00. The molecule has 0 aromatic rings. The second-order valence-electron chi connectivity index (χ2n) is 6.66. The zero-order valence-corrected chi connectivity index (χ0v) is 15.3. The minimum atomic E-state index is 0.803. The summed E-state index contributed by atoms with van der Waals surface area (Å²) in [4.78, 5) is 2.55. The van der Waals surface area contributed by atoms with Crippen molar-refractivity contribution in [2.45, 2.75) is 90.4 Å². The summed E-state index contributed by atoms with van der Waals surface area (Å²) >= 11 is 0. The average molecular weight is 314 g/mol. The molecule has 0 aromatic heterocycles. The van der Waals surface area contributed by atoms with Gasteiger partial charge in [0.25, 0.3) is 0 Å². The summed E-state index contributed by atoms with van der Waals surface area (Å²) < 4.78 is 0. The lowest BCUT2D eigenvalue weighted by Gasteiger charge is -2.21. The van der Waals surface area contributed by atoms with Crippen molar-refractivity contribution in [3.8, 4) is 0 Å². The molecule has 22 heavy (non-hydrogen) atoms. The molecule has 3 nitrogen and oxygen atoms in total. The Morgan fingerprint density at radius 3 is 1.27 bits per heavy atom. The summed E-state index contributed by atoms with van der Waals surface area (Å²) in [6.07, 6.45) is 17.8. The first-order valence-electron chi connectivity index (χ1n) is 9.97. The Kier molecular flexibility index (Phi) is 18.8. The van der Waals surface area contributed by atoms with E-state index >= 15 is 0 Å². The second kappa shape index (κ2) is 18.9. The van der Waals surface area contributed by atoms with Crippen molar-refractivity contribution in [3.05, 3.63) is 0 Å². The molecular weight excluding hydrogens is 270 g/mol. The lowest BCUT2D eigenvalue weighted by molar-refractivity contribution is 0.263. The van der Waals surface area contributed by atoms with Crippen molar-refractivity contribution in [1.29, 1.82) is 0 Å². The monoisotopic (exact) mass is 313 g/mol. The lowest BCUT2D eigenvalue weighted by Crippen LogP contribution is -2.29. The molecule has 0 aliphatic rings.